The summed E-state index contributed by atoms with van der Waals surface area (Å²) < 4.78 is 0. The molecule has 0 aromatic heterocycles. The fourth-order valence-corrected chi connectivity index (χ4v) is 5.32. The van der Waals surface area contributed by atoms with Crippen molar-refractivity contribution in [3.8, 4) is 5.75 Å². The number of hydrogen-bond donors (Lipinski definition) is 2. The molecule has 1 saturated heterocycles. The zero-order valence-corrected chi connectivity index (χ0v) is 17.0. The Balaban J connectivity index is 1.47. The lowest BCUT2D eigenvalue weighted by atomic mass is 9.59. The molecular formula is C24H32N2O. The number of phenolic OH excluding ortho intramolecular Hbond substituents is 1. The Kier molecular flexibility index (Phi) is 4.67. The molecule has 0 spiro atoms. The van der Waals surface area contributed by atoms with Gasteiger partial charge in [0, 0.05) is 24.8 Å². The molecule has 0 radical (unpaired) electrons. The summed E-state index contributed by atoms with van der Waals surface area (Å²) in [5, 5.41) is 13.6. The number of aromatic hydroxyl groups is 1. The van der Waals surface area contributed by atoms with Crippen molar-refractivity contribution in [1.29, 1.82) is 0 Å². The molecule has 1 aliphatic heterocycles. The van der Waals surface area contributed by atoms with E-state index in [0.29, 0.717) is 17.7 Å². The molecule has 0 saturated carbocycles. The Morgan fingerprint density at radius 2 is 2.00 bits per heavy atom. The zero-order valence-electron chi connectivity index (χ0n) is 17.0. The smallest absolute Gasteiger partial charge is 0.115 e. The number of piperidine rings is 1. The van der Waals surface area contributed by atoms with Crippen molar-refractivity contribution >= 4 is 5.69 Å². The molecule has 3 atom stereocenters. The van der Waals surface area contributed by atoms with Crippen LogP contribution in [0.25, 0.3) is 0 Å². The van der Waals surface area contributed by atoms with E-state index in [2.05, 4.69) is 62.2 Å². The van der Waals surface area contributed by atoms with Crippen molar-refractivity contribution in [2.75, 3.05) is 25.0 Å². The van der Waals surface area contributed by atoms with Gasteiger partial charge in [-0.05, 0) is 79.5 Å². The molecule has 2 aromatic carbocycles. The van der Waals surface area contributed by atoms with Gasteiger partial charge in [0.2, 0.25) is 0 Å². The van der Waals surface area contributed by atoms with Gasteiger partial charge in [-0.2, -0.15) is 0 Å². The second kappa shape index (κ2) is 6.87. The third kappa shape index (κ3) is 3.23. The number of phenols is 1. The minimum atomic E-state index is 0.175. The lowest BCUT2D eigenvalue weighted by molar-refractivity contribution is 0.0343. The number of nitrogens with zero attached hydrogens (tertiary/aromatic N) is 1. The van der Waals surface area contributed by atoms with Gasteiger partial charge >= 0.3 is 0 Å². The molecule has 1 fully saturated rings. The average molecular weight is 365 g/mol. The molecule has 2 aromatic rings. The standard InChI is InChI=1S/C24H32N2O/c1-16-5-8-22(17(2)13-16)25-10-12-26-11-9-24(4)18(3)23(26)14-19-6-7-20(27)15-21(19)24/h5-8,13,15,18,23,25,27H,9-12,14H2,1-4H3/t18-,23+,24+/m0/s1. The van der Waals surface area contributed by atoms with Crippen LogP contribution in [0.5, 0.6) is 5.75 Å². The van der Waals surface area contributed by atoms with Gasteiger partial charge in [0.25, 0.3) is 0 Å². The maximum Gasteiger partial charge on any atom is 0.115 e. The Labute approximate surface area is 163 Å². The summed E-state index contributed by atoms with van der Waals surface area (Å²) in [5.74, 6) is 1.00. The molecule has 2 bridgehead atoms. The van der Waals surface area contributed by atoms with Crippen molar-refractivity contribution < 1.29 is 5.11 Å². The van der Waals surface area contributed by atoms with Crippen LogP contribution >= 0.6 is 0 Å². The summed E-state index contributed by atoms with van der Waals surface area (Å²) in [5.41, 5.74) is 6.86. The van der Waals surface area contributed by atoms with Gasteiger partial charge < -0.3 is 10.4 Å². The summed E-state index contributed by atoms with van der Waals surface area (Å²) in [4.78, 5) is 2.68. The lowest BCUT2D eigenvalue weighted by Crippen LogP contribution is -2.58. The fraction of sp³-hybridized carbons (Fsp3) is 0.500. The molecule has 1 aliphatic carbocycles. The van der Waals surface area contributed by atoms with Crippen molar-refractivity contribution in [1.82, 2.24) is 4.90 Å². The van der Waals surface area contributed by atoms with E-state index in [-0.39, 0.29) is 5.41 Å². The molecule has 27 heavy (non-hydrogen) atoms. The minimum Gasteiger partial charge on any atom is -0.508 e. The van der Waals surface area contributed by atoms with Crippen LogP contribution in [0.1, 0.15) is 42.5 Å². The topological polar surface area (TPSA) is 35.5 Å². The number of aryl methyl sites for hydroxylation is 2. The van der Waals surface area contributed by atoms with Crippen LogP contribution in [0.4, 0.5) is 5.69 Å². The number of hydrogen-bond acceptors (Lipinski definition) is 3. The molecule has 0 amide bonds. The maximum atomic E-state index is 9.98. The molecule has 3 nitrogen and oxygen atoms in total. The number of benzene rings is 2. The van der Waals surface area contributed by atoms with Crippen molar-refractivity contribution in [2.45, 2.75) is 52.0 Å². The third-order valence-electron chi connectivity index (χ3n) is 7.20. The molecule has 1 heterocycles. The van der Waals surface area contributed by atoms with Crippen LogP contribution in [0, 0.1) is 19.8 Å². The largest absolute Gasteiger partial charge is 0.508 e. The molecule has 4 rings (SSSR count). The number of fused-ring (bicyclic) bond motifs is 4. The first-order valence-electron chi connectivity index (χ1n) is 10.3. The molecule has 2 N–H and O–H groups in total. The van der Waals surface area contributed by atoms with Crippen molar-refractivity contribution in [2.24, 2.45) is 5.92 Å². The van der Waals surface area contributed by atoms with Gasteiger partial charge in [-0.1, -0.05) is 37.6 Å². The SMILES string of the molecule is Cc1ccc(NCCN2CC[C@@]3(C)c4cc(O)ccc4C[C@@H]2[C@@H]3C)c(C)c1. The lowest BCUT2D eigenvalue weighted by Gasteiger charge is -2.54. The molecule has 144 valence electrons. The second-order valence-electron chi connectivity index (χ2n) is 8.85. The minimum absolute atomic E-state index is 0.175. The van der Waals surface area contributed by atoms with Gasteiger partial charge in [-0.25, -0.2) is 0 Å². The Morgan fingerprint density at radius 3 is 2.78 bits per heavy atom. The van der Waals surface area contributed by atoms with Gasteiger partial charge in [-0.15, -0.1) is 0 Å². The first kappa shape index (κ1) is 18.4. The van der Waals surface area contributed by atoms with Crippen molar-refractivity contribution in [3.63, 3.8) is 0 Å². The predicted octanol–water partition coefficient (Wildman–Crippen LogP) is 4.65. The Morgan fingerprint density at radius 1 is 1.19 bits per heavy atom. The fourth-order valence-electron chi connectivity index (χ4n) is 5.32. The third-order valence-corrected chi connectivity index (χ3v) is 7.20. The van der Waals surface area contributed by atoms with Gasteiger partial charge in [0.05, 0.1) is 0 Å². The first-order valence-corrected chi connectivity index (χ1v) is 10.3. The first-order chi connectivity index (χ1) is 12.9. The summed E-state index contributed by atoms with van der Waals surface area (Å²) in [6.45, 7) is 12.3. The van der Waals surface area contributed by atoms with Gasteiger partial charge in [-0.3, -0.25) is 4.90 Å². The highest BCUT2D eigenvalue weighted by molar-refractivity contribution is 5.52. The van der Waals surface area contributed by atoms with E-state index in [1.165, 1.54) is 27.9 Å². The number of likely N-dealkylation sites (tertiary alicyclic amines) is 1. The van der Waals surface area contributed by atoms with Crippen molar-refractivity contribution in [3.05, 3.63) is 58.7 Å². The summed E-state index contributed by atoms with van der Waals surface area (Å²) >= 11 is 0. The highest BCUT2D eigenvalue weighted by Gasteiger charge is 2.48. The molecule has 2 aliphatic rings. The monoisotopic (exact) mass is 364 g/mol. The van der Waals surface area contributed by atoms with E-state index in [0.717, 1.165) is 32.5 Å². The predicted molar refractivity (Wildman–Crippen MR) is 113 cm³/mol. The Bertz CT molecular complexity index is 846. The van der Waals surface area contributed by atoms with Crippen LogP contribution < -0.4 is 5.32 Å². The van der Waals surface area contributed by atoms with E-state index >= 15 is 0 Å². The van der Waals surface area contributed by atoms with E-state index < -0.39 is 0 Å². The van der Waals surface area contributed by atoms with Gasteiger partial charge in [0.15, 0.2) is 0 Å². The van der Waals surface area contributed by atoms with Gasteiger partial charge in [0.1, 0.15) is 5.75 Å². The highest BCUT2D eigenvalue weighted by Crippen LogP contribution is 2.49. The van der Waals surface area contributed by atoms with E-state index in [4.69, 9.17) is 0 Å². The molecule has 3 heteroatoms. The van der Waals surface area contributed by atoms with Crippen LogP contribution in [-0.4, -0.2) is 35.7 Å². The number of nitrogens with one attached hydrogen (secondary N) is 1. The molecular weight excluding hydrogens is 332 g/mol. The zero-order chi connectivity index (χ0) is 19.2. The van der Waals surface area contributed by atoms with E-state index in [1.54, 1.807) is 0 Å². The quantitative estimate of drug-likeness (QED) is 0.829. The summed E-state index contributed by atoms with van der Waals surface area (Å²) in [7, 11) is 0. The Hall–Kier alpha value is -2.00. The summed E-state index contributed by atoms with van der Waals surface area (Å²) in [6, 6.07) is 13.2. The van der Waals surface area contributed by atoms with E-state index in [1.807, 2.05) is 12.1 Å². The molecule has 0 unspecified atom stereocenters. The number of rotatable bonds is 4. The maximum absolute atomic E-state index is 9.98. The normalized spacial score (nSPS) is 27.3. The highest BCUT2D eigenvalue weighted by atomic mass is 16.3. The van der Waals surface area contributed by atoms with Crippen LogP contribution in [0.3, 0.4) is 0 Å². The van der Waals surface area contributed by atoms with Crippen LogP contribution in [0.15, 0.2) is 36.4 Å². The average Bonchev–Trinajstić information content (AvgIpc) is 2.62. The van der Waals surface area contributed by atoms with E-state index in [9.17, 15) is 5.11 Å². The number of anilines is 1. The summed E-state index contributed by atoms with van der Waals surface area (Å²) in [6.07, 6.45) is 2.25. The second-order valence-corrected chi connectivity index (χ2v) is 8.85. The van der Waals surface area contributed by atoms with Crippen LogP contribution in [-0.2, 0) is 11.8 Å². The van der Waals surface area contributed by atoms with Crippen LogP contribution in [0.2, 0.25) is 0 Å².